The minimum Gasteiger partial charge on any atom is -0.279 e. The molecule has 1 unspecified atom stereocenters. The van der Waals surface area contributed by atoms with Gasteiger partial charge in [-0.25, -0.2) is 9.97 Å². The average molecular weight is 351 g/mol. The molecule has 1 aromatic carbocycles. The molecule has 0 amide bonds. The molecule has 0 radical (unpaired) electrons. The van der Waals surface area contributed by atoms with Crippen molar-refractivity contribution >= 4 is 38.7 Å². The van der Waals surface area contributed by atoms with Crippen LogP contribution in [0.1, 0.15) is 23.7 Å². The van der Waals surface area contributed by atoms with E-state index in [-0.39, 0.29) is 5.38 Å². The second kappa shape index (κ2) is 5.19. The van der Waals surface area contributed by atoms with Gasteiger partial charge in [-0.2, -0.15) is 0 Å². The Bertz CT molecular complexity index is 780. The molecule has 0 saturated heterocycles. The molecule has 3 aromatic rings. The van der Waals surface area contributed by atoms with E-state index in [4.69, 9.17) is 11.6 Å². The van der Waals surface area contributed by atoms with E-state index in [1.54, 1.807) is 6.20 Å². The summed E-state index contributed by atoms with van der Waals surface area (Å²) in [4.78, 5) is 9.15. The lowest BCUT2D eigenvalue weighted by Gasteiger charge is -2.10. The minimum atomic E-state index is -0.192. The molecule has 0 aliphatic heterocycles. The molecule has 0 spiro atoms. The molecule has 102 valence electrons. The van der Waals surface area contributed by atoms with Gasteiger partial charge in [-0.05, 0) is 43.7 Å². The van der Waals surface area contributed by atoms with Crippen LogP contribution in [0.4, 0.5) is 0 Å². The summed E-state index contributed by atoms with van der Waals surface area (Å²) < 4.78 is 3.03. The molecule has 3 nitrogen and oxygen atoms in total. The molecular formula is C15H13BrClN3. The van der Waals surface area contributed by atoms with Gasteiger partial charge in [-0.15, -0.1) is 11.6 Å². The molecule has 0 aliphatic carbocycles. The smallest absolute Gasteiger partial charge is 0.164 e. The number of alkyl halides is 1. The lowest BCUT2D eigenvalue weighted by molar-refractivity contribution is 0.876. The van der Waals surface area contributed by atoms with Crippen LogP contribution in [-0.4, -0.2) is 14.5 Å². The van der Waals surface area contributed by atoms with Crippen molar-refractivity contribution in [3.8, 4) is 5.69 Å². The van der Waals surface area contributed by atoms with Crippen molar-refractivity contribution in [2.75, 3.05) is 0 Å². The average Bonchev–Trinajstić information content (AvgIpc) is 2.80. The molecule has 0 saturated carbocycles. The van der Waals surface area contributed by atoms with E-state index in [1.807, 2.05) is 48.7 Å². The van der Waals surface area contributed by atoms with Crippen LogP contribution < -0.4 is 0 Å². The van der Waals surface area contributed by atoms with Crippen LogP contribution in [0.25, 0.3) is 16.9 Å². The quantitative estimate of drug-likeness (QED) is 0.622. The summed E-state index contributed by atoms with van der Waals surface area (Å²) in [6, 6.07) is 10.0. The van der Waals surface area contributed by atoms with Crippen LogP contribution in [0, 0.1) is 6.92 Å². The van der Waals surface area contributed by atoms with Gasteiger partial charge in [0.2, 0.25) is 0 Å². The van der Waals surface area contributed by atoms with Crippen LogP contribution in [0.5, 0.6) is 0 Å². The number of rotatable bonds is 2. The second-order valence-corrected chi connectivity index (χ2v) is 6.27. The number of imidazole rings is 1. The van der Waals surface area contributed by atoms with Crippen molar-refractivity contribution < 1.29 is 0 Å². The highest BCUT2D eigenvalue weighted by molar-refractivity contribution is 9.10. The summed E-state index contributed by atoms with van der Waals surface area (Å²) in [7, 11) is 0. The van der Waals surface area contributed by atoms with Gasteiger partial charge in [0.05, 0.1) is 11.1 Å². The zero-order chi connectivity index (χ0) is 14.3. The van der Waals surface area contributed by atoms with E-state index >= 15 is 0 Å². The van der Waals surface area contributed by atoms with E-state index in [1.165, 1.54) is 0 Å². The predicted molar refractivity (Wildman–Crippen MR) is 85.6 cm³/mol. The maximum absolute atomic E-state index is 6.30. The molecule has 1 atom stereocenters. The van der Waals surface area contributed by atoms with Crippen molar-refractivity contribution in [1.82, 2.24) is 14.5 Å². The van der Waals surface area contributed by atoms with Gasteiger partial charge in [-0.1, -0.05) is 22.0 Å². The Kier molecular flexibility index (Phi) is 3.52. The second-order valence-electron chi connectivity index (χ2n) is 4.70. The van der Waals surface area contributed by atoms with Gasteiger partial charge in [0.15, 0.2) is 5.65 Å². The number of aromatic nitrogens is 3. The highest BCUT2D eigenvalue weighted by Crippen LogP contribution is 2.29. The molecule has 20 heavy (non-hydrogen) atoms. The maximum atomic E-state index is 6.30. The standard InChI is InChI=1S/C15H13BrClN3/c1-9-6-7-18-15-13(9)19-14(10(2)17)20(15)12-5-3-4-11(16)8-12/h3-8,10H,1-2H3. The lowest BCUT2D eigenvalue weighted by Crippen LogP contribution is -2.02. The van der Waals surface area contributed by atoms with Crippen molar-refractivity contribution in [1.29, 1.82) is 0 Å². The van der Waals surface area contributed by atoms with Gasteiger partial charge in [-0.3, -0.25) is 4.57 Å². The van der Waals surface area contributed by atoms with Crippen LogP contribution in [0.15, 0.2) is 41.0 Å². The SMILES string of the molecule is Cc1ccnc2c1nc(C(C)Cl)n2-c1cccc(Br)c1. The number of aryl methyl sites for hydroxylation is 1. The van der Waals surface area contributed by atoms with E-state index in [0.29, 0.717) is 0 Å². The molecular weight excluding hydrogens is 338 g/mol. The first kappa shape index (κ1) is 13.6. The molecule has 0 aliphatic rings. The third kappa shape index (κ3) is 2.23. The van der Waals surface area contributed by atoms with Crippen molar-refractivity contribution in [3.05, 3.63) is 52.4 Å². The molecule has 0 N–H and O–H groups in total. The van der Waals surface area contributed by atoms with E-state index < -0.39 is 0 Å². The Labute approximate surface area is 130 Å². The first-order valence-electron chi connectivity index (χ1n) is 6.32. The Balaban J connectivity index is 2.38. The highest BCUT2D eigenvalue weighted by atomic mass is 79.9. The fourth-order valence-electron chi connectivity index (χ4n) is 2.25. The summed E-state index contributed by atoms with van der Waals surface area (Å²) in [5.41, 5.74) is 3.84. The zero-order valence-corrected chi connectivity index (χ0v) is 13.5. The number of fused-ring (bicyclic) bond motifs is 1. The van der Waals surface area contributed by atoms with Crippen LogP contribution in [0.3, 0.4) is 0 Å². The third-order valence-corrected chi connectivity index (χ3v) is 3.88. The molecule has 0 fully saturated rings. The monoisotopic (exact) mass is 349 g/mol. The molecule has 0 bridgehead atoms. The largest absolute Gasteiger partial charge is 0.279 e. The summed E-state index contributed by atoms with van der Waals surface area (Å²) >= 11 is 9.80. The number of hydrogen-bond donors (Lipinski definition) is 0. The first-order chi connectivity index (χ1) is 9.58. The molecule has 2 aromatic heterocycles. The van der Waals surface area contributed by atoms with E-state index in [2.05, 4.69) is 25.9 Å². The number of pyridine rings is 1. The fourth-order valence-corrected chi connectivity index (χ4v) is 2.78. The van der Waals surface area contributed by atoms with E-state index in [9.17, 15) is 0 Å². The normalized spacial score (nSPS) is 12.8. The van der Waals surface area contributed by atoms with Crippen molar-refractivity contribution in [2.45, 2.75) is 19.2 Å². The van der Waals surface area contributed by atoms with E-state index in [0.717, 1.165) is 32.7 Å². The van der Waals surface area contributed by atoms with Gasteiger partial charge in [0.25, 0.3) is 0 Å². The number of hydrogen-bond acceptors (Lipinski definition) is 2. The van der Waals surface area contributed by atoms with Gasteiger partial charge < -0.3 is 0 Å². The minimum absolute atomic E-state index is 0.192. The molecule has 2 heterocycles. The summed E-state index contributed by atoms with van der Waals surface area (Å²) in [5.74, 6) is 0.807. The Morgan fingerprint density at radius 3 is 2.80 bits per heavy atom. The highest BCUT2D eigenvalue weighted by Gasteiger charge is 2.18. The van der Waals surface area contributed by atoms with Gasteiger partial charge >= 0.3 is 0 Å². The predicted octanol–water partition coefficient (Wildman–Crippen LogP) is 4.79. The van der Waals surface area contributed by atoms with Crippen molar-refractivity contribution in [3.63, 3.8) is 0 Å². The Hall–Kier alpha value is -1.39. The number of halogens is 2. The number of nitrogens with zero attached hydrogens (tertiary/aromatic N) is 3. The maximum Gasteiger partial charge on any atom is 0.164 e. The fraction of sp³-hybridized carbons (Fsp3) is 0.200. The molecule has 3 rings (SSSR count). The summed E-state index contributed by atoms with van der Waals surface area (Å²) in [5, 5.41) is -0.192. The summed E-state index contributed by atoms with van der Waals surface area (Å²) in [6.45, 7) is 3.96. The third-order valence-electron chi connectivity index (χ3n) is 3.20. The topological polar surface area (TPSA) is 30.7 Å². The first-order valence-corrected chi connectivity index (χ1v) is 7.55. The number of benzene rings is 1. The Morgan fingerprint density at radius 2 is 2.10 bits per heavy atom. The van der Waals surface area contributed by atoms with Gasteiger partial charge in [0, 0.05) is 10.7 Å². The molecule has 5 heteroatoms. The van der Waals surface area contributed by atoms with Crippen LogP contribution in [-0.2, 0) is 0 Å². The van der Waals surface area contributed by atoms with Gasteiger partial charge in [0.1, 0.15) is 11.3 Å². The summed E-state index contributed by atoms with van der Waals surface area (Å²) in [6.07, 6.45) is 1.80. The van der Waals surface area contributed by atoms with Crippen LogP contribution >= 0.6 is 27.5 Å². The van der Waals surface area contributed by atoms with Crippen molar-refractivity contribution in [2.24, 2.45) is 0 Å². The van der Waals surface area contributed by atoms with Crippen LogP contribution in [0.2, 0.25) is 0 Å². The lowest BCUT2D eigenvalue weighted by atomic mass is 10.2. The Morgan fingerprint density at radius 1 is 1.30 bits per heavy atom. The zero-order valence-electron chi connectivity index (χ0n) is 11.1.